The lowest BCUT2D eigenvalue weighted by atomic mass is 10.1. The van der Waals surface area contributed by atoms with Crippen molar-refractivity contribution in [3.8, 4) is 0 Å². The number of amides is 1. The van der Waals surface area contributed by atoms with Crippen molar-refractivity contribution < 1.29 is 9.59 Å². The summed E-state index contributed by atoms with van der Waals surface area (Å²) in [6, 6.07) is 12.5. The number of Topliss-reactive ketones (excluding diaryl/α,β-unsaturated/α-hetero) is 1. The Kier molecular flexibility index (Phi) is 5.17. The quantitative estimate of drug-likeness (QED) is 0.822. The van der Waals surface area contributed by atoms with Crippen LogP contribution in [0.25, 0.3) is 0 Å². The van der Waals surface area contributed by atoms with Crippen LogP contribution in [0.4, 0.5) is 11.4 Å². The molecule has 2 aromatic rings. The Bertz CT molecular complexity index is 714. The predicted molar refractivity (Wildman–Crippen MR) is 89.8 cm³/mol. The van der Waals surface area contributed by atoms with Crippen LogP contribution >= 0.6 is 11.6 Å². The molecule has 114 valence electrons. The number of halogens is 1. The smallest absolute Gasteiger partial charge is 0.243 e. The highest BCUT2D eigenvalue weighted by Crippen LogP contribution is 2.22. The molecule has 0 aliphatic carbocycles. The van der Waals surface area contributed by atoms with Crippen molar-refractivity contribution in [3.05, 3.63) is 58.6 Å². The van der Waals surface area contributed by atoms with E-state index in [4.69, 9.17) is 11.6 Å². The Hall–Kier alpha value is -2.33. The van der Waals surface area contributed by atoms with Gasteiger partial charge in [0.05, 0.1) is 17.3 Å². The number of ketones is 1. The number of hydrogen-bond acceptors (Lipinski definition) is 3. The molecule has 22 heavy (non-hydrogen) atoms. The van der Waals surface area contributed by atoms with Crippen molar-refractivity contribution in [1.29, 1.82) is 0 Å². The average molecular weight is 317 g/mol. The van der Waals surface area contributed by atoms with E-state index < -0.39 is 0 Å². The molecule has 0 bridgehead atoms. The molecule has 4 nitrogen and oxygen atoms in total. The molecule has 2 N–H and O–H groups in total. The van der Waals surface area contributed by atoms with Crippen LogP contribution in [0.2, 0.25) is 5.02 Å². The van der Waals surface area contributed by atoms with E-state index in [-0.39, 0.29) is 18.2 Å². The number of nitrogens with one attached hydrogen (secondary N) is 2. The zero-order valence-electron chi connectivity index (χ0n) is 12.4. The summed E-state index contributed by atoms with van der Waals surface area (Å²) in [4.78, 5) is 23.3. The van der Waals surface area contributed by atoms with Gasteiger partial charge in [-0.1, -0.05) is 29.8 Å². The minimum atomic E-state index is -0.209. The third-order valence-corrected chi connectivity index (χ3v) is 3.43. The normalized spacial score (nSPS) is 10.1. The number of anilines is 2. The maximum Gasteiger partial charge on any atom is 0.243 e. The Morgan fingerprint density at radius 1 is 1.14 bits per heavy atom. The fraction of sp³-hybridized carbons (Fsp3) is 0.176. The highest BCUT2D eigenvalue weighted by Gasteiger charge is 2.06. The lowest BCUT2D eigenvalue weighted by Gasteiger charge is -2.10. The summed E-state index contributed by atoms with van der Waals surface area (Å²) < 4.78 is 0. The predicted octanol–water partition coefficient (Wildman–Crippen LogP) is 3.90. The average Bonchev–Trinajstić information content (AvgIpc) is 2.48. The molecule has 0 atom stereocenters. The molecule has 2 aromatic carbocycles. The minimum absolute atomic E-state index is 0.0143. The van der Waals surface area contributed by atoms with Crippen molar-refractivity contribution in [2.24, 2.45) is 0 Å². The van der Waals surface area contributed by atoms with Gasteiger partial charge in [0.15, 0.2) is 5.78 Å². The van der Waals surface area contributed by atoms with Gasteiger partial charge in [-0.3, -0.25) is 9.59 Å². The zero-order chi connectivity index (χ0) is 16.1. The molecule has 0 unspecified atom stereocenters. The van der Waals surface area contributed by atoms with E-state index in [0.717, 1.165) is 11.3 Å². The fourth-order valence-corrected chi connectivity index (χ4v) is 2.23. The molecule has 1 amide bonds. The molecule has 0 heterocycles. The lowest BCUT2D eigenvalue weighted by Crippen LogP contribution is -2.22. The summed E-state index contributed by atoms with van der Waals surface area (Å²) >= 11 is 6.07. The second-order valence-electron chi connectivity index (χ2n) is 5.02. The number of carbonyl (C=O) groups excluding carboxylic acids is 2. The molecule has 0 aromatic heterocycles. The van der Waals surface area contributed by atoms with Crippen LogP contribution < -0.4 is 10.6 Å². The molecule has 0 spiro atoms. The first-order chi connectivity index (χ1) is 10.5. The second-order valence-corrected chi connectivity index (χ2v) is 5.43. The molecule has 0 fully saturated rings. The van der Waals surface area contributed by atoms with Crippen molar-refractivity contribution in [2.45, 2.75) is 13.8 Å². The van der Waals surface area contributed by atoms with Gasteiger partial charge in [0.2, 0.25) is 5.91 Å². The molecule has 0 aliphatic heterocycles. The molecule has 0 saturated carbocycles. The molecule has 2 rings (SSSR count). The monoisotopic (exact) mass is 316 g/mol. The topological polar surface area (TPSA) is 58.2 Å². The maximum absolute atomic E-state index is 11.9. The van der Waals surface area contributed by atoms with Crippen molar-refractivity contribution in [1.82, 2.24) is 0 Å². The zero-order valence-corrected chi connectivity index (χ0v) is 13.2. The van der Waals surface area contributed by atoms with Crippen molar-refractivity contribution >= 4 is 34.7 Å². The first-order valence-electron chi connectivity index (χ1n) is 6.86. The first-order valence-corrected chi connectivity index (χ1v) is 7.24. The Balaban J connectivity index is 1.95. The van der Waals surface area contributed by atoms with Crippen LogP contribution in [0.15, 0.2) is 42.5 Å². The Morgan fingerprint density at radius 3 is 2.59 bits per heavy atom. The lowest BCUT2D eigenvalue weighted by molar-refractivity contribution is -0.114. The van der Waals surface area contributed by atoms with Crippen LogP contribution in [0.3, 0.4) is 0 Å². The van der Waals surface area contributed by atoms with E-state index in [2.05, 4.69) is 10.6 Å². The number of hydrogen-bond donors (Lipinski definition) is 2. The van der Waals surface area contributed by atoms with Crippen molar-refractivity contribution in [2.75, 3.05) is 17.2 Å². The van der Waals surface area contributed by atoms with Crippen LogP contribution in [-0.2, 0) is 4.79 Å². The van der Waals surface area contributed by atoms with Gasteiger partial charge in [0.25, 0.3) is 0 Å². The summed E-state index contributed by atoms with van der Waals surface area (Å²) in [7, 11) is 0. The number of rotatable bonds is 5. The van der Waals surface area contributed by atoms with Gasteiger partial charge in [-0.25, -0.2) is 0 Å². The highest BCUT2D eigenvalue weighted by molar-refractivity contribution is 6.33. The summed E-state index contributed by atoms with van der Waals surface area (Å²) in [6.07, 6.45) is 0. The van der Waals surface area contributed by atoms with Crippen molar-refractivity contribution in [3.63, 3.8) is 0 Å². The van der Waals surface area contributed by atoms with Gasteiger partial charge < -0.3 is 10.6 Å². The first kappa shape index (κ1) is 16.0. The molecular weight excluding hydrogens is 300 g/mol. The Morgan fingerprint density at radius 2 is 1.91 bits per heavy atom. The summed E-state index contributed by atoms with van der Waals surface area (Å²) in [5, 5.41) is 6.23. The van der Waals surface area contributed by atoms with E-state index in [1.165, 1.54) is 6.92 Å². The molecule has 0 aliphatic rings. The minimum Gasteiger partial charge on any atom is -0.376 e. The fourth-order valence-electron chi connectivity index (χ4n) is 1.95. The SMILES string of the molecule is CC(=O)c1cccc(NCC(=O)Nc2ccc(C)cc2Cl)c1. The van der Waals surface area contributed by atoms with E-state index in [1.807, 2.05) is 13.0 Å². The number of benzene rings is 2. The molecule has 5 heteroatoms. The van der Waals surface area contributed by atoms with E-state index in [0.29, 0.717) is 16.3 Å². The van der Waals surface area contributed by atoms with Gasteiger partial charge >= 0.3 is 0 Å². The summed E-state index contributed by atoms with van der Waals surface area (Å²) in [5.41, 5.74) is 2.93. The van der Waals surface area contributed by atoms with Crippen LogP contribution in [0.5, 0.6) is 0 Å². The maximum atomic E-state index is 11.9. The van der Waals surface area contributed by atoms with Crippen LogP contribution in [-0.4, -0.2) is 18.2 Å². The summed E-state index contributed by atoms with van der Waals surface area (Å²) in [6.45, 7) is 3.53. The molecule has 0 radical (unpaired) electrons. The van der Waals surface area contributed by atoms with Gasteiger partial charge in [0.1, 0.15) is 0 Å². The van der Waals surface area contributed by atoms with Crippen LogP contribution in [0.1, 0.15) is 22.8 Å². The molecule has 0 saturated heterocycles. The number of carbonyl (C=O) groups is 2. The van der Waals surface area contributed by atoms with Gasteiger partial charge in [-0.2, -0.15) is 0 Å². The third-order valence-electron chi connectivity index (χ3n) is 3.12. The highest BCUT2D eigenvalue weighted by atomic mass is 35.5. The summed E-state index contributed by atoms with van der Waals surface area (Å²) in [5.74, 6) is -0.224. The van der Waals surface area contributed by atoms with E-state index in [9.17, 15) is 9.59 Å². The Labute approximate surface area is 134 Å². The number of aryl methyl sites for hydroxylation is 1. The van der Waals surface area contributed by atoms with E-state index in [1.54, 1.807) is 36.4 Å². The second kappa shape index (κ2) is 7.09. The van der Waals surface area contributed by atoms with Gasteiger partial charge in [0, 0.05) is 11.3 Å². The van der Waals surface area contributed by atoms with Gasteiger partial charge in [-0.05, 0) is 43.7 Å². The van der Waals surface area contributed by atoms with E-state index >= 15 is 0 Å². The largest absolute Gasteiger partial charge is 0.376 e. The standard InChI is InChI=1S/C17H17ClN2O2/c1-11-6-7-16(15(18)8-11)20-17(22)10-19-14-5-3-4-13(9-14)12(2)21/h3-9,19H,10H2,1-2H3,(H,20,22). The molecular formula is C17H17ClN2O2. The van der Waals surface area contributed by atoms with Crippen LogP contribution in [0, 0.1) is 6.92 Å². The third kappa shape index (κ3) is 4.33. The van der Waals surface area contributed by atoms with Gasteiger partial charge in [-0.15, -0.1) is 0 Å².